The molecule has 62 heavy (non-hydrogen) atoms. The van der Waals surface area contributed by atoms with Gasteiger partial charge in [0.25, 0.3) is 6.47 Å². The molecule has 0 heterocycles. The Bertz CT molecular complexity index is 2300. The zero-order valence-corrected chi connectivity index (χ0v) is 35.4. The van der Waals surface area contributed by atoms with Crippen LogP contribution in [0.2, 0.25) is 0 Å². The lowest BCUT2D eigenvalue weighted by Crippen LogP contribution is -2.28. The van der Waals surface area contributed by atoms with Gasteiger partial charge >= 0.3 is 18.1 Å². The van der Waals surface area contributed by atoms with Crippen LogP contribution in [0, 0.1) is 0 Å². The number of carbonyl (C=O) groups is 4. The SMILES string of the molecule is C=C.C=CC(=O)OCCCCOC.C=CC(=O)OCCCCOC(=O)Oc1ccc(C2(c3ccc(OC=O)cc3)c3cc(OC)c(OC)cc3-c3cc4ccccc4cc32)cc1. The Morgan fingerprint density at radius 3 is 1.56 bits per heavy atom. The molecular weight excluding hydrogens is 793 g/mol. The summed E-state index contributed by atoms with van der Waals surface area (Å²) in [6, 6.07) is 31.4. The number of rotatable bonds is 19. The number of esters is 2. The monoisotopic (exact) mass is 844 g/mol. The van der Waals surface area contributed by atoms with E-state index < -0.39 is 17.5 Å². The fourth-order valence-corrected chi connectivity index (χ4v) is 7.03. The Morgan fingerprint density at radius 1 is 0.581 bits per heavy atom. The van der Waals surface area contributed by atoms with E-state index in [0.717, 1.165) is 69.1 Å². The standard InChI is InChI=1S/C40H34O9.C8H14O3.C2H4/c1-4-38(42)46-19-7-8-20-47-39(43)49-31-17-13-29(14-18-31)40(28-11-15-30(16-12-28)48-25-41)34-22-27-10-6-5-9-26(27)21-32(34)33-23-36(44-2)37(45-3)24-35(33)40;1-3-8(9)11-7-5-4-6-10-2;1-2/h4-6,9-18,21-25H,1,7-8,19-20H2,2-3H3;3H,1,4-7H2,2H3;1-2H2. The van der Waals surface area contributed by atoms with E-state index in [2.05, 4.69) is 50.6 Å². The van der Waals surface area contributed by atoms with E-state index in [1.165, 1.54) is 0 Å². The van der Waals surface area contributed by atoms with E-state index in [1.807, 2.05) is 48.5 Å². The molecule has 0 aromatic heterocycles. The molecule has 1 atom stereocenters. The molecule has 5 aromatic carbocycles. The molecular formula is C50H52O12. The van der Waals surface area contributed by atoms with E-state index in [-0.39, 0.29) is 19.2 Å². The Balaban J connectivity index is 0.000000568. The highest BCUT2D eigenvalue weighted by molar-refractivity contribution is 5.96. The second-order valence-corrected chi connectivity index (χ2v) is 13.4. The van der Waals surface area contributed by atoms with Gasteiger partial charge in [0.2, 0.25) is 0 Å². The molecule has 0 saturated heterocycles. The third-order valence-electron chi connectivity index (χ3n) is 9.79. The van der Waals surface area contributed by atoms with Crippen molar-refractivity contribution in [3.63, 3.8) is 0 Å². The molecule has 0 N–H and O–H groups in total. The number of carbonyl (C=O) groups excluding carboxylic acids is 4. The average Bonchev–Trinajstić information content (AvgIpc) is 3.58. The van der Waals surface area contributed by atoms with E-state index in [0.29, 0.717) is 55.5 Å². The van der Waals surface area contributed by atoms with Gasteiger partial charge in [-0.25, -0.2) is 14.4 Å². The third-order valence-corrected chi connectivity index (χ3v) is 9.79. The first-order chi connectivity index (χ1) is 30.2. The quantitative estimate of drug-likeness (QED) is 0.0146. The first-order valence-corrected chi connectivity index (χ1v) is 19.8. The molecule has 1 aliphatic rings. The van der Waals surface area contributed by atoms with Crippen molar-refractivity contribution in [2.24, 2.45) is 0 Å². The van der Waals surface area contributed by atoms with E-state index in [1.54, 1.807) is 45.6 Å². The molecule has 0 amide bonds. The highest BCUT2D eigenvalue weighted by atomic mass is 16.7. The molecule has 12 nitrogen and oxygen atoms in total. The van der Waals surface area contributed by atoms with E-state index in [4.69, 9.17) is 37.9 Å². The molecule has 0 bridgehead atoms. The number of benzene rings is 5. The van der Waals surface area contributed by atoms with Crippen molar-refractivity contribution in [2.45, 2.75) is 31.1 Å². The van der Waals surface area contributed by atoms with Gasteiger partial charge in [-0.15, -0.1) is 13.2 Å². The molecule has 6 rings (SSSR count). The minimum atomic E-state index is -0.859. The summed E-state index contributed by atoms with van der Waals surface area (Å²) in [5, 5.41) is 2.16. The normalized spacial score (nSPS) is 13.0. The molecule has 0 aliphatic heterocycles. The van der Waals surface area contributed by atoms with Crippen molar-refractivity contribution in [3.8, 4) is 34.1 Å². The van der Waals surface area contributed by atoms with Crippen LogP contribution in [0.4, 0.5) is 4.79 Å². The van der Waals surface area contributed by atoms with Crippen molar-refractivity contribution in [1.82, 2.24) is 0 Å². The van der Waals surface area contributed by atoms with Crippen LogP contribution < -0.4 is 18.9 Å². The van der Waals surface area contributed by atoms with Crippen molar-refractivity contribution >= 4 is 35.3 Å². The summed E-state index contributed by atoms with van der Waals surface area (Å²) < 4.78 is 41.9. The van der Waals surface area contributed by atoms with Crippen molar-refractivity contribution in [1.29, 1.82) is 0 Å². The summed E-state index contributed by atoms with van der Waals surface area (Å²) in [5.74, 6) is 1.05. The van der Waals surface area contributed by atoms with Gasteiger partial charge in [0.15, 0.2) is 11.5 Å². The Morgan fingerprint density at radius 2 is 1.05 bits per heavy atom. The zero-order valence-electron chi connectivity index (χ0n) is 35.4. The molecule has 0 fully saturated rings. The lowest BCUT2D eigenvalue weighted by Gasteiger charge is -2.34. The Labute approximate surface area is 362 Å². The summed E-state index contributed by atoms with van der Waals surface area (Å²) in [5.41, 5.74) is 4.97. The van der Waals surface area contributed by atoms with Crippen molar-refractivity contribution < 1.29 is 57.1 Å². The number of ether oxygens (including phenoxy) is 8. The van der Waals surface area contributed by atoms with Gasteiger partial charge < -0.3 is 37.9 Å². The van der Waals surface area contributed by atoms with E-state index >= 15 is 0 Å². The number of fused-ring (bicyclic) bond motifs is 4. The van der Waals surface area contributed by atoms with Gasteiger partial charge in [0.1, 0.15) is 11.5 Å². The molecule has 12 heteroatoms. The minimum Gasteiger partial charge on any atom is -0.493 e. The molecule has 0 spiro atoms. The summed E-state index contributed by atoms with van der Waals surface area (Å²) in [6.07, 6.45) is 4.21. The summed E-state index contributed by atoms with van der Waals surface area (Å²) in [4.78, 5) is 45.2. The highest BCUT2D eigenvalue weighted by Gasteiger charge is 2.47. The van der Waals surface area contributed by atoms with Crippen LogP contribution in [0.15, 0.2) is 136 Å². The Kier molecular flexibility index (Phi) is 18.5. The lowest BCUT2D eigenvalue weighted by atomic mass is 9.67. The van der Waals surface area contributed by atoms with Crippen LogP contribution in [0.25, 0.3) is 21.9 Å². The predicted octanol–water partition coefficient (Wildman–Crippen LogP) is 9.72. The fraction of sp³-hybridized carbons (Fsp3) is 0.240. The van der Waals surface area contributed by atoms with Gasteiger partial charge in [-0.3, -0.25) is 4.79 Å². The molecule has 0 saturated carbocycles. The Hall–Kier alpha value is -7.18. The number of methoxy groups -OCH3 is 3. The van der Waals surface area contributed by atoms with Crippen LogP contribution in [-0.2, 0) is 38.7 Å². The maximum Gasteiger partial charge on any atom is 0.513 e. The first kappa shape index (κ1) is 47.5. The van der Waals surface area contributed by atoms with Crippen LogP contribution in [0.3, 0.4) is 0 Å². The maximum absolute atomic E-state index is 12.5. The number of unbranched alkanes of at least 4 members (excludes halogenated alkanes) is 2. The predicted molar refractivity (Wildman–Crippen MR) is 237 cm³/mol. The largest absolute Gasteiger partial charge is 0.513 e. The molecule has 0 radical (unpaired) electrons. The molecule has 324 valence electrons. The molecule has 1 aliphatic carbocycles. The average molecular weight is 845 g/mol. The third kappa shape index (κ3) is 11.5. The lowest BCUT2D eigenvalue weighted by molar-refractivity contribution is -0.138. The highest BCUT2D eigenvalue weighted by Crippen LogP contribution is 2.59. The number of hydrogen-bond donors (Lipinski definition) is 0. The molecule has 5 aromatic rings. The van der Waals surface area contributed by atoms with Crippen LogP contribution in [-0.4, -0.2) is 72.3 Å². The summed E-state index contributed by atoms with van der Waals surface area (Å²) >= 11 is 0. The van der Waals surface area contributed by atoms with Crippen LogP contribution in [0.5, 0.6) is 23.0 Å². The second kappa shape index (κ2) is 24.2. The fourth-order valence-electron chi connectivity index (χ4n) is 7.03. The maximum atomic E-state index is 12.5. The topological polar surface area (TPSA) is 142 Å². The van der Waals surface area contributed by atoms with E-state index in [9.17, 15) is 19.2 Å². The van der Waals surface area contributed by atoms with Crippen LogP contribution >= 0.6 is 0 Å². The van der Waals surface area contributed by atoms with Crippen LogP contribution in [0.1, 0.15) is 47.9 Å². The molecule has 1 unspecified atom stereocenters. The number of hydrogen-bond acceptors (Lipinski definition) is 12. The van der Waals surface area contributed by atoms with Gasteiger partial charge in [-0.05, 0) is 118 Å². The van der Waals surface area contributed by atoms with Crippen molar-refractivity contribution in [3.05, 3.63) is 158 Å². The second-order valence-electron chi connectivity index (χ2n) is 13.4. The first-order valence-electron chi connectivity index (χ1n) is 19.8. The van der Waals surface area contributed by atoms with Gasteiger partial charge in [0, 0.05) is 25.9 Å². The van der Waals surface area contributed by atoms with Gasteiger partial charge in [0.05, 0.1) is 39.5 Å². The minimum absolute atomic E-state index is 0.113. The summed E-state index contributed by atoms with van der Waals surface area (Å²) in [7, 11) is 4.87. The smallest absolute Gasteiger partial charge is 0.493 e. The van der Waals surface area contributed by atoms with Crippen molar-refractivity contribution in [2.75, 3.05) is 47.8 Å². The summed E-state index contributed by atoms with van der Waals surface area (Å²) in [6.45, 7) is 14.5. The zero-order chi connectivity index (χ0) is 44.9. The van der Waals surface area contributed by atoms with Gasteiger partial charge in [-0.1, -0.05) is 61.7 Å². The van der Waals surface area contributed by atoms with Gasteiger partial charge in [-0.2, -0.15) is 0 Å².